The zero-order valence-corrected chi connectivity index (χ0v) is 12.5. The number of benzene rings is 1. The molecule has 1 aromatic rings. The summed E-state index contributed by atoms with van der Waals surface area (Å²) in [6.07, 6.45) is -8.70. The molecule has 0 amide bonds. The van der Waals surface area contributed by atoms with E-state index in [0.29, 0.717) is 24.8 Å². The van der Waals surface area contributed by atoms with Crippen LogP contribution in [0.25, 0.3) is 0 Å². The van der Waals surface area contributed by atoms with Crippen molar-refractivity contribution in [1.82, 2.24) is 0 Å². The number of esters is 1. The molecule has 0 fully saturated rings. The molecule has 0 unspecified atom stereocenters. The lowest BCUT2D eigenvalue weighted by Crippen LogP contribution is -2.18. The molecule has 1 aromatic carbocycles. The monoisotopic (exact) mass is 342 g/mol. The van der Waals surface area contributed by atoms with Gasteiger partial charge >= 0.3 is 18.3 Å². The molecule has 0 saturated heterocycles. The molecule has 0 atom stereocenters. The van der Waals surface area contributed by atoms with E-state index in [1.807, 2.05) is 13.8 Å². The van der Waals surface area contributed by atoms with E-state index in [2.05, 4.69) is 4.74 Å². The van der Waals surface area contributed by atoms with Gasteiger partial charge in [0, 0.05) is 0 Å². The highest BCUT2D eigenvalue weighted by atomic mass is 19.4. The van der Waals surface area contributed by atoms with Crippen LogP contribution in [0.15, 0.2) is 18.2 Å². The number of alkyl halides is 6. The smallest absolute Gasteiger partial charge is 0.417 e. The summed E-state index contributed by atoms with van der Waals surface area (Å²) in [6.45, 7) is 3.68. The van der Waals surface area contributed by atoms with Gasteiger partial charge in [0.05, 0.1) is 23.3 Å². The summed E-state index contributed by atoms with van der Waals surface area (Å²) >= 11 is 0. The first kappa shape index (κ1) is 19.3. The van der Waals surface area contributed by atoms with Crippen LogP contribution in [0.1, 0.15) is 48.2 Å². The van der Waals surface area contributed by atoms with Crippen molar-refractivity contribution in [2.75, 3.05) is 6.61 Å². The normalized spacial score (nSPS) is 12.6. The van der Waals surface area contributed by atoms with E-state index in [9.17, 15) is 31.1 Å². The molecule has 0 aliphatic rings. The molecular weight excluding hydrogens is 326 g/mol. The van der Waals surface area contributed by atoms with E-state index >= 15 is 0 Å². The molecule has 0 saturated carbocycles. The van der Waals surface area contributed by atoms with E-state index in [4.69, 9.17) is 0 Å². The molecule has 23 heavy (non-hydrogen) atoms. The fraction of sp³-hybridized carbons (Fsp3) is 0.533. The fourth-order valence-corrected chi connectivity index (χ4v) is 1.87. The maximum Gasteiger partial charge on any atom is 0.417 e. The Morgan fingerprint density at radius 3 is 2.17 bits per heavy atom. The maximum absolute atomic E-state index is 12.8. The quantitative estimate of drug-likeness (QED) is 0.411. The second-order valence-corrected chi connectivity index (χ2v) is 5.43. The molecular formula is C15H16F6O2. The fourth-order valence-electron chi connectivity index (χ4n) is 1.87. The van der Waals surface area contributed by atoms with Gasteiger partial charge in [-0.05, 0) is 37.0 Å². The van der Waals surface area contributed by atoms with E-state index in [1.165, 1.54) is 0 Å². The summed E-state index contributed by atoms with van der Waals surface area (Å²) in [5.74, 6) is -1.10. The predicted octanol–water partition coefficient (Wildman–Crippen LogP) is 5.32. The molecule has 0 aliphatic heterocycles. The number of hydrogen-bond acceptors (Lipinski definition) is 2. The average molecular weight is 342 g/mol. The van der Waals surface area contributed by atoms with Crippen LogP contribution in [-0.4, -0.2) is 12.6 Å². The van der Waals surface area contributed by atoms with Crippen LogP contribution in [0.3, 0.4) is 0 Å². The Labute approximate surface area is 129 Å². The van der Waals surface area contributed by atoms with Crippen molar-refractivity contribution in [1.29, 1.82) is 0 Å². The lowest BCUT2D eigenvalue weighted by Gasteiger charge is -2.15. The lowest BCUT2D eigenvalue weighted by atomic mass is 10.0. The first-order valence-corrected chi connectivity index (χ1v) is 6.88. The number of hydrogen-bond donors (Lipinski definition) is 0. The molecule has 1 rings (SSSR count). The highest BCUT2D eigenvalue weighted by Gasteiger charge is 2.39. The van der Waals surface area contributed by atoms with Gasteiger partial charge in [-0.3, -0.25) is 0 Å². The Hall–Kier alpha value is -1.73. The molecule has 0 bridgehead atoms. The highest BCUT2D eigenvalue weighted by molar-refractivity contribution is 5.91. The first-order valence-electron chi connectivity index (χ1n) is 6.88. The summed E-state index contributed by atoms with van der Waals surface area (Å²) in [5.41, 5.74) is -3.91. The Bertz CT molecular complexity index is 546. The number of halogens is 6. The molecule has 8 heteroatoms. The van der Waals surface area contributed by atoms with Crippen LogP contribution in [0.2, 0.25) is 0 Å². The van der Waals surface area contributed by atoms with Crippen LogP contribution in [0.4, 0.5) is 26.3 Å². The predicted molar refractivity (Wildman–Crippen MR) is 70.8 cm³/mol. The number of rotatable bonds is 5. The average Bonchev–Trinajstić information content (AvgIpc) is 2.40. The second-order valence-electron chi connectivity index (χ2n) is 5.43. The second kappa shape index (κ2) is 7.23. The van der Waals surface area contributed by atoms with Crippen LogP contribution in [-0.2, 0) is 17.1 Å². The van der Waals surface area contributed by atoms with Gasteiger partial charge in [0.25, 0.3) is 0 Å². The minimum absolute atomic E-state index is 0.148. The molecule has 0 radical (unpaired) electrons. The van der Waals surface area contributed by atoms with Gasteiger partial charge in [-0.25, -0.2) is 4.79 Å². The summed E-state index contributed by atoms with van der Waals surface area (Å²) in [6, 6.07) is 0.708. The molecule has 0 aliphatic carbocycles. The third-order valence-electron chi connectivity index (χ3n) is 3.03. The van der Waals surface area contributed by atoms with Gasteiger partial charge in [-0.1, -0.05) is 13.8 Å². The summed E-state index contributed by atoms with van der Waals surface area (Å²) in [5, 5.41) is 0. The lowest BCUT2D eigenvalue weighted by molar-refractivity contribution is -0.141. The van der Waals surface area contributed by atoms with Crippen molar-refractivity contribution in [2.45, 2.75) is 39.0 Å². The molecule has 0 heterocycles. The first-order chi connectivity index (χ1) is 10.4. The van der Waals surface area contributed by atoms with Gasteiger partial charge in [-0.15, -0.1) is 0 Å². The Morgan fingerprint density at radius 2 is 1.70 bits per heavy atom. The van der Waals surface area contributed by atoms with Crippen molar-refractivity contribution < 1.29 is 35.9 Å². The van der Waals surface area contributed by atoms with Crippen molar-refractivity contribution in [3.05, 3.63) is 34.9 Å². The van der Waals surface area contributed by atoms with Gasteiger partial charge in [0.15, 0.2) is 0 Å². The number of carbonyl (C=O) groups is 1. The SMILES string of the molecule is CC(C)CCCOC(=O)c1cc(C(F)(F)F)ccc1C(F)(F)F. The molecule has 130 valence electrons. The van der Waals surface area contributed by atoms with Gasteiger partial charge in [-0.2, -0.15) is 26.3 Å². The molecule has 0 aromatic heterocycles. The van der Waals surface area contributed by atoms with E-state index in [0.717, 1.165) is 0 Å². The van der Waals surface area contributed by atoms with Gasteiger partial charge in [0.2, 0.25) is 0 Å². The van der Waals surface area contributed by atoms with Crippen molar-refractivity contribution in [2.24, 2.45) is 5.92 Å². The van der Waals surface area contributed by atoms with Gasteiger partial charge in [0.1, 0.15) is 0 Å². The number of ether oxygens (including phenoxy) is 1. The molecule has 0 spiro atoms. The molecule has 2 nitrogen and oxygen atoms in total. The highest BCUT2D eigenvalue weighted by Crippen LogP contribution is 2.36. The van der Waals surface area contributed by atoms with E-state index in [-0.39, 0.29) is 18.7 Å². The van der Waals surface area contributed by atoms with Crippen LogP contribution >= 0.6 is 0 Å². The zero-order chi connectivity index (χ0) is 17.8. The number of carbonyl (C=O) groups excluding carboxylic acids is 1. The van der Waals surface area contributed by atoms with E-state index < -0.39 is 35.0 Å². The van der Waals surface area contributed by atoms with Crippen LogP contribution in [0, 0.1) is 5.92 Å². The topological polar surface area (TPSA) is 26.3 Å². The molecule has 0 N–H and O–H groups in total. The van der Waals surface area contributed by atoms with Crippen LogP contribution < -0.4 is 0 Å². The Morgan fingerprint density at radius 1 is 1.09 bits per heavy atom. The summed E-state index contributed by atoms with van der Waals surface area (Å²) < 4.78 is 81.1. The maximum atomic E-state index is 12.8. The Kier molecular flexibility index (Phi) is 6.07. The minimum Gasteiger partial charge on any atom is -0.462 e. The summed E-state index contributed by atoms with van der Waals surface area (Å²) in [7, 11) is 0. The van der Waals surface area contributed by atoms with Crippen LogP contribution in [0.5, 0.6) is 0 Å². The third-order valence-corrected chi connectivity index (χ3v) is 3.03. The van der Waals surface area contributed by atoms with E-state index in [1.54, 1.807) is 0 Å². The van der Waals surface area contributed by atoms with Crippen molar-refractivity contribution >= 4 is 5.97 Å². The largest absolute Gasteiger partial charge is 0.462 e. The van der Waals surface area contributed by atoms with Gasteiger partial charge < -0.3 is 4.74 Å². The zero-order valence-electron chi connectivity index (χ0n) is 12.5. The summed E-state index contributed by atoms with van der Waals surface area (Å²) in [4.78, 5) is 11.7. The van der Waals surface area contributed by atoms with Crippen molar-refractivity contribution in [3.8, 4) is 0 Å². The Balaban J connectivity index is 3.03. The third kappa shape index (κ3) is 5.76. The minimum atomic E-state index is -4.95. The van der Waals surface area contributed by atoms with Crippen molar-refractivity contribution in [3.63, 3.8) is 0 Å². The standard InChI is InChI=1S/C15H16F6O2/c1-9(2)4-3-7-23-13(22)11-8-10(14(16,17)18)5-6-12(11)15(19,20)21/h5-6,8-9H,3-4,7H2,1-2H3.